The van der Waals surface area contributed by atoms with Crippen LogP contribution in [-0.2, 0) is 39.2 Å². The molecule has 5 nitrogen and oxygen atoms in total. The molecule has 0 N–H and O–H groups in total. The molecular formula is C66H57N4OPt-3. The predicted octanol–water partition coefficient (Wildman–Crippen LogP) is 17.6. The minimum absolute atomic E-state index is 0. The fraction of sp³-hybridized carbons (Fsp3) is 0.182. The van der Waals surface area contributed by atoms with Crippen molar-refractivity contribution >= 4 is 76.5 Å². The van der Waals surface area contributed by atoms with Gasteiger partial charge >= 0.3 is 0 Å². The molecule has 12 rings (SSSR count). The molecule has 4 heterocycles. The third-order valence-corrected chi connectivity index (χ3v) is 13.5. The second-order valence-electron chi connectivity index (χ2n) is 20.3. The minimum Gasteiger partial charge on any atom is -0.509 e. The van der Waals surface area contributed by atoms with Crippen LogP contribution < -0.4 is 9.64 Å². The average molecular weight is 1120 g/mol. The molecule has 11 aromatic rings. The van der Waals surface area contributed by atoms with E-state index in [2.05, 4.69) is 176 Å². The Balaban J connectivity index is 0.00000616. The first-order valence-corrected chi connectivity index (χ1v) is 24.7. The summed E-state index contributed by atoms with van der Waals surface area (Å²) >= 11 is 0. The summed E-state index contributed by atoms with van der Waals surface area (Å²) in [6.07, 6.45) is -1.43. The third kappa shape index (κ3) is 8.38. The molecule has 0 unspecified atom stereocenters. The van der Waals surface area contributed by atoms with E-state index < -0.39 is 12.7 Å². The maximum absolute atomic E-state index is 9.38. The number of anilines is 2. The Morgan fingerprint density at radius 2 is 1.19 bits per heavy atom. The van der Waals surface area contributed by atoms with E-state index in [1.807, 2.05) is 68.7 Å². The number of para-hydroxylation sites is 3. The summed E-state index contributed by atoms with van der Waals surface area (Å²) in [6, 6.07) is 65.7. The molecule has 3 aromatic heterocycles. The Morgan fingerprint density at radius 3 is 1.90 bits per heavy atom. The normalized spacial score (nSPS) is 13.7. The zero-order valence-corrected chi connectivity index (χ0v) is 43.8. The van der Waals surface area contributed by atoms with E-state index in [-0.39, 0.29) is 38.3 Å². The van der Waals surface area contributed by atoms with Crippen molar-refractivity contribution in [1.82, 2.24) is 14.1 Å². The topological polar surface area (TPSA) is 35.2 Å². The molecule has 360 valence electrons. The standard InChI is InChI=1S/C66H57N4O.Pt/c1-42(2)33-44-31-32-67-63(37-44)70-60-27-13-12-23-56(60)57-30-29-50(40-62(57)70)71-49-18-14-17-48(39-49)68-41-69-64-51(46-35-45(34-43(3)4)36-47(38-46)66(5,6)7)24-15-25-58(64)54-21-10-8-19-52(54)53-20-9-11-22-55(53)59-26-16-28-61(68)65(59)69;/h8-32,35-38,41-43H,33-34H2,1-7H3;/q-3;/i33D2,34D2;. The van der Waals surface area contributed by atoms with Gasteiger partial charge in [0.15, 0.2) is 0 Å². The first kappa shape index (κ1) is 42.4. The molecule has 0 radical (unpaired) electrons. The van der Waals surface area contributed by atoms with Crippen molar-refractivity contribution in [2.24, 2.45) is 11.8 Å². The van der Waals surface area contributed by atoms with Crippen LogP contribution in [0.3, 0.4) is 0 Å². The summed E-state index contributed by atoms with van der Waals surface area (Å²) in [5.74, 6) is 1.14. The summed E-state index contributed by atoms with van der Waals surface area (Å²) < 4.78 is 47.6. The fourth-order valence-corrected chi connectivity index (χ4v) is 10.5. The maximum atomic E-state index is 9.38. The third-order valence-electron chi connectivity index (χ3n) is 13.5. The van der Waals surface area contributed by atoms with Gasteiger partial charge in [-0.05, 0) is 137 Å². The van der Waals surface area contributed by atoms with Gasteiger partial charge in [0.05, 0.1) is 0 Å². The Labute approximate surface area is 442 Å². The van der Waals surface area contributed by atoms with Crippen molar-refractivity contribution in [2.75, 3.05) is 4.90 Å². The number of benzene rings is 8. The van der Waals surface area contributed by atoms with Crippen molar-refractivity contribution in [2.45, 2.75) is 66.6 Å². The maximum Gasteiger partial charge on any atom is 0.135 e. The molecular weight excluding hydrogens is 1060 g/mol. The SMILES string of the molecule is [2H]C([2H])(c1cc(-c2cccc3c4ccccc4c4ccccc4c4cccc5c4n(c23)[CH-]N5c2[c-]c(Oc3[c-]c4c(cc3)c3ccccc3n4-c3cc(C([2H])([2H])C(C)C)ccn3)ccc2)cc(C(C)(C)C)c1)C(C)C.[Pt]. The van der Waals surface area contributed by atoms with Gasteiger partial charge in [-0.3, -0.25) is 0 Å². The fourth-order valence-electron chi connectivity index (χ4n) is 10.5. The van der Waals surface area contributed by atoms with Crippen molar-refractivity contribution in [3.8, 4) is 28.4 Å². The van der Waals surface area contributed by atoms with E-state index in [1.165, 1.54) is 0 Å². The van der Waals surface area contributed by atoms with Crippen LogP contribution in [-0.4, -0.2) is 14.1 Å². The van der Waals surface area contributed by atoms with E-state index in [1.54, 1.807) is 12.3 Å². The van der Waals surface area contributed by atoms with Crippen LogP contribution in [0.2, 0.25) is 0 Å². The van der Waals surface area contributed by atoms with Gasteiger partial charge in [0, 0.05) is 55.4 Å². The molecule has 1 aliphatic rings. The average Bonchev–Trinajstić information content (AvgIpc) is 3.98. The zero-order chi connectivity index (χ0) is 52.1. The summed E-state index contributed by atoms with van der Waals surface area (Å²) in [5.41, 5.74) is 9.45. The molecule has 0 saturated heterocycles. The molecule has 0 aliphatic carbocycles. The van der Waals surface area contributed by atoms with Crippen LogP contribution in [0, 0.1) is 30.6 Å². The number of fused-ring (bicyclic) bond motifs is 10. The Bertz CT molecular complexity index is 4170. The number of ether oxygens (including phenoxy) is 1. The number of hydrogen-bond donors (Lipinski definition) is 0. The van der Waals surface area contributed by atoms with Gasteiger partial charge in [-0.25, -0.2) is 4.98 Å². The summed E-state index contributed by atoms with van der Waals surface area (Å²) in [4.78, 5) is 6.97. The molecule has 72 heavy (non-hydrogen) atoms. The van der Waals surface area contributed by atoms with Gasteiger partial charge in [0.1, 0.15) is 5.82 Å². The second kappa shape index (κ2) is 18.7. The van der Waals surface area contributed by atoms with E-state index in [4.69, 9.17) is 12.5 Å². The molecule has 0 fully saturated rings. The predicted molar refractivity (Wildman–Crippen MR) is 298 cm³/mol. The van der Waals surface area contributed by atoms with E-state index in [0.29, 0.717) is 28.4 Å². The summed E-state index contributed by atoms with van der Waals surface area (Å²) in [7, 11) is 0. The largest absolute Gasteiger partial charge is 0.509 e. The molecule has 0 atom stereocenters. The first-order chi connectivity index (χ1) is 36.0. The van der Waals surface area contributed by atoms with E-state index in [0.717, 1.165) is 93.2 Å². The van der Waals surface area contributed by atoms with Crippen molar-refractivity contribution in [1.29, 1.82) is 0 Å². The number of rotatable bonds is 9. The number of hydrogen-bond acceptors (Lipinski definition) is 3. The number of aromatic nitrogens is 3. The number of nitrogens with zero attached hydrogens (tertiary/aromatic N) is 4. The Morgan fingerprint density at radius 1 is 0.583 bits per heavy atom. The van der Waals surface area contributed by atoms with Gasteiger partial charge < -0.3 is 18.8 Å². The van der Waals surface area contributed by atoms with Crippen molar-refractivity contribution in [3.63, 3.8) is 0 Å². The molecule has 1 aliphatic heterocycles. The van der Waals surface area contributed by atoms with Gasteiger partial charge in [-0.2, -0.15) is 12.1 Å². The van der Waals surface area contributed by atoms with E-state index in [9.17, 15) is 2.74 Å². The first-order valence-electron chi connectivity index (χ1n) is 26.7. The molecule has 0 bridgehead atoms. The molecule has 8 aromatic carbocycles. The zero-order valence-electron chi connectivity index (χ0n) is 45.5. The van der Waals surface area contributed by atoms with Crippen LogP contribution in [0.5, 0.6) is 11.5 Å². The van der Waals surface area contributed by atoms with Crippen LogP contribution in [0.25, 0.3) is 82.1 Å². The summed E-state index contributed by atoms with van der Waals surface area (Å²) in [5, 5.41) is 8.62. The van der Waals surface area contributed by atoms with Gasteiger partial charge in [0.25, 0.3) is 0 Å². The molecule has 0 spiro atoms. The number of pyridine rings is 1. The Kier molecular flexibility index (Phi) is 11.0. The second-order valence-corrected chi connectivity index (χ2v) is 20.3. The van der Waals surface area contributed by atoms with Crippen LogP contribution >= 0.6 is 0 Å². The monoisotopic (exact) mass is 1120 g/mol. The van der Waals surface area contributed by atoms with Gasteiger partial charge in [-0.1, -0.05) is 175 Å². The molecule has 0 saturated carbocycles. The van der Waals surface area contributed by atoms with Crippen LogP contribution in [0.1, 0.15) is 70.6 Å². The smallest absolute Gasteiger partial charge is 0.135 e. The van der Waals surface area contributed by atoms with Crippen molar-refractivity contribution in [3.05, 3.63) is 212 Å². The quantitative estimate of drug-likeness (QED) is 0.135. The molecule has 6 heteroatoms. The Hall–Kier alpha value is -7.33. The van der Waals surface area contributed by atoms with Crippen molar-refractivity contribution < 1.29 is 31.3 Å². The van der Waals surface area contributed by atoms with Gasteiger partial charge in [0.2, 0.25) is 0 Å². The molecule has 0 amide bonds. The van der Waals surface area contributed by atoms with E-state index >= 15 is 0 Å². The minimum atomic E-state index is -1.57. The summed E-state index contributed by atoms with van der Waals surface area (Å²) in [6.45, 7) is 16.5. The van der Waals surface area contributed by atoms with Crippen LogP contribution in [0.4, 0.5) is 11.4 Å². The van der Waals surface area contributed by atoms with Crippen LogP contribution in [0.15, 0.2) is 176 Å². The van der Waals surface area contributed by atoms with Gasteiger partial charge in [-0.15, -0.1) is 35.7 Å².